The van der Waals surface area contributed by atoms with E-state index in [-0.39, 0.29) is 6.04 Å². The monoisotopic (exact) mass is 377 g/mol. The predicted molar refractivity (Wildman–Crippen MR) is 110 cm³/mol. The van der Waals surface area contributed by atoms with Crippen LogP contribution >= 0.6 is 0 Å². The fourth-order valence-electron chi connectivity index (χ4n) is 3.16. The molecule has 0 unspecified atom stereocenters. The van der Waals surface area contributed by atoms with Crippen LogP contribution in [0.2, 0.25) is 0 Å². The highest BCUT2D eigenvalue weighted by atomic mass is 16.5. The van der Waals surface area contributed by atoms with Gasteiger partial charge in [-0.3, -0.25) is 4.98 Å². The molecule has 1 aliphatic heterocycles. The lowest BCUT2D eigenvalue weighted by molar-refractivity contribution is 0.271. The van der Waals surface area contributed by atoms with Crippen molar-refractivity contribution < 1.29 is 9.47 Å². The molecule has 7 heteroatoms. The van der Waals surface area contributed by atoms with Crippen LogP contribution in [0.1, 0.15) is 12.6 Å². The number of nitrogens with zero attached hydrogens (tertiary/aromatic N) is 4. The van der Waals surface area contributed by atoms with Crippen molar-refractivity contribution >= 4 is 17.5 Å². The van der Waals surface area contributed by atoms with E-state index in [9.17, 15) is 0 Å². The first-order chi connectivity index (χ1) is 13.5. The van der Waals surface area contributed by atoms with Gasteiger partial charge in [-0.2, -0.15) is 4.98 Å². The fraction of sp³-hybridized carbons (Fsp3) is 0.286. The third-order valence-corrected chi connectivity index (χ3v) is 4.88. The number of likely N-dealkylation sites (N-methyl/N-ethyl adjacent to an activating group) is 1. The largest absolute Gasteiger partial charge is 0.496 e. The molecule has 0 saturated heterocycles. The number of anilines is 3. The smallest absolute Gasteiger partial charge is 0.229 e. The Morgan fingerprint density at radius 1 is 1.21 bits per heavy atom. The van der Waals surface area contributed by atoms with Gasteiger partial charge >= 0.3 is 0 Å². The maximum Gasteiger partial charge on any atom is 0.229 e. The molecule has 3 heterocycles. The number of methoxy groups -OCH3 is 1. The summed E-state index contributed by atoms with van der Waals surface area (Å²) in [6.45, 7) is 4.70. The van der Waals surface area contributed by atoms with Gasteiger partial charge < -0.3 is 19.7 Å². The van der Waals surface area contributed by atoms with Crippen molar-refractivity contribution in [2.24, 2.45) is 0 Å². The molecule has 1 aliphatic rings. The van der Waals surface area contributed by atoms with Crippen molar-refractivity contribution in [3.05, 3.63) is 48.4 Å². The molecular formula is C21H23N5O2. The van der Waals surface area contributed by atoms with E-state index in [1.807, 2.05) is 44.3 Å². The standard InChI is InChI=1S/C21H23N5O2/c1-13-9-15(7-8-22-13)17-6-5-16(10-18(17)27-4)24-21-23-11-19-20(25-21)26(3)14(2)12-28-19/h5-11,14H,12H2,1-4H3,(H,23,24,25)/t14-/m0/s1. The molecule has 0 amide bonds. The second kappa shape index (κ2) is 7.34. The Morgan fingerprint density at radius 3 is 2.86 bits per heavy atom. The van der Waals surface area contributed by atoms with Gasteiger partial charge in [0.1, 0.15) is 12.4 Å². The number of hydrogen-bond acceptors (Lipinski definition) is 7. The minimum atomic E-state index is 0.262. The summed E-state index contributed by atoms with van der Waals surface area (Å²) in [5.41, 5.74) is 3.88. The van der Waals surface area contributed by atoms with Crippen molar-refractivity contribution in [1.82, 2.24) is 15.0 Å². The van der Waals surface area contributed by atoms with Crippen LogP contribution in [0.3, 0.4) is 0 Å². The summed E-state index contributed by atoms with van der Waals surface area (Å²) in [5, 5.41) is 3.26. The molecule has 0 saturated carbocycles. The Morgan fingerprint density at radius 2 is 2.07 bits per heavy atom. The van der Waals surface area contributed by atoms with Crippen LogP contribution in [0.5, 0.6) is 11.5 Å². The summed E-state index contributed by atoms with van der Waals surface area (Å²) in [7, 11) is 3.68. The first-order valence-corrected chi connectivity index (χ1v) is 9.16. The molecule has 7 nitrogen and oxygen atoms in total. The minimum absolute atomic E-state index is 0.262. The minimum Gasteiger partial charge on any atom is -0.496 e. The van der Waals surface area contributed by atoms with E-state index in [1.165, 1.54) is 0 Å². The highest BCUT2D eigenvalue weighted by Gasteiger charge is 2.23. The Bertz CT molecular complexity index is 1010. The van der Waals surface area contributed by atoms with Crippen LogP contribution in [0.15, 0.2) is 42.7 Å². The van der Waals surface area contributed by atoms with Crippen molar-refractivity contribution in [3.8, 4) is 22.6 Å². The van der Waals surface area contributed by atoms with Crippen LogP contribution in [-0.2, 0) is 0 Å². The zero-order valence-corrected chi connectivity index (χ0v) is 16.4. The van der Waals surface area contributed by atoms with Crippen molar-refractivity contribution in [2.75, 3.05) is 31.0 Å². The number of hydrogen-bond donors (Lipinski definition) is 1. The third kappa shape index (κ3) is 3.43. The number of pyridine rings is 1. The van der Waals surface area contributed by atoms with E-state index in [2.05, 4.69) is 32.1 Å². The Kier molecular flexibility index (Phi) is 4.73. The molecule has 0 radical (unpaired) electrons. The number of fused-ring (bicyclic) bond motifs is 1. The highest BCUT2D eigenvalue weighted by molar-refractivity contribution is 5.74. The lowest BCUT2D eigenvalue weighted by atomic mass is 10.0. The number of aryl methyl sites for hydroxylation is 1. The van der Waals surface area contributed by atoms with Gasteiger partial charge in [-0.15, -0.1) is 0 Å². The van der Waals surface area contributed by atoms with E-state index in [0.717, 1.165) is 34.1 Å². The number of ether oxygens (including phenoxy) is 2. The number of rotatable bonds is 4. The lowest BCUT2D eigenvalue weighted by Gasteiger charge is -2.32. The van der Waals surface area contributed by atoms with Crippen molar-refractivity contribution in [1.29, 1.82) is 0 Å². The predicted octanol–water partition coefficient (Wildman–Crippen LogP) is 3.82. The molecule has 0 fully saturated rings. The molecule has 1 atom stereocenters. The quantitative estimate of drug-likeness (QED) is 0.741. The maximum absolute atomic E-state index is 5.70. The molecule has 28 heavy (non-hydrogen) atoms. The van der Waals surface area contributed by atoms with Gasteiger partial charge in [0.15, 0.2) is 11.6 Å². The Balaban J connectivity index is 1.62. The molecular weight excluding hydrogens is 354 g/mol. The summed E-state index contributed by atoms with van der Waals surface area (Å²) in [4.78, 5) is 15.3. The van der Waals surface area contributed by atoms with Gasteiger partial charge in [0, 0.05) is 36.3 Å². The summed E-state index contributed by atoms with van der Waals surface area (Å²) in [5.74, 6) is 2.76. The molecule has 144 valence electrons. The van der Waals surface area contributed by atoms with Gasteiger partial charge in [0.25, 0.3) is 0 Å². The van der Waals surface area contributed by atoms with Gasteiger partial charge in [0.2, 0.25) is 5.95 Å². The molecule has 0 aliphatic carbocycles. The van der Waals surface area contributed by atoms with Gasteiger partial charge in [-0.25, -0.2) is 4.98 Å². The highest BCUT2D eigenvalue weighted by Crippen LogP contribution is 2.34. The van der Waals surface area contributed by atoms with E-state index in [4.69, 9.17) is 9.47 Å². The van der Waals surface area contributed by atoms with Gasteiger partial charge in [0.05, 0.1) is 19.3 Å². The van der Waals surface area contributed by atoms with Crippen LogP contribution in [0.25, 0.3) is 11.1 Å². The summed E-state index contributed by atoms with van der Waals surface area (Å²) in [6.07, 6.45) is 3.51. The first kappa shape index (κ1) is 18.0. The van der Waals surface area contributed by atoms with E-state index in [1.54, 1.807) is 19.5 Å². The van der Waals surface area contributed by atoms with Crippen LogP contribution in [0, 0.1) is 6.92 Å². The zero-order valence-electron chi connectivity index (χ0n) is 16.4. The molecule has 3 aromatic rings. The van der Waals surface area contributed by atoms with Crippen LogP contribution in [-0.4, -0.2) is 41.8 Å². The van der Waals surface area contributed by atoms with Crippen molar-refractivity contribution in [2.45, 2.75) is 19.9 Å². The van der Waals surface area contributed by atoms with E-state index < -0.39 is 0 Å². The molecule has 0 spiro atoms. The molecule has 0 bridgehead atoms. The third-order valence-electron chi connectivity index (χ3n) is 4.88. The number of aromatic nitrogens is 3. The SMILES string of the molecule is COc1cc(Nc2ncc3c(n2)N(C)[C@@H](C)CO3)ccc1-c1ccnc(C)c1. The zero-order chi connectivity index (χ0) is 19.7. The average molecular weight is 377 g/mol. The Hall–Kier alpha value is -3.35. The second-order valence-electron chi connectivity index (χ2n) is 6.88. The molecule has 4 rings (SSSR count). The van der Waals surface area contributed by atoms with Crippen LogP contribution < -0.4 is 19.7 Å². The fourth-order valence-corrected chi connectivity index (χ4v) is 3.16. The molecule has 2 aromatic heterocycles. The maximum atomic E-state index is 5.70. The summed E-state index contributed by atoms with van der Waals surface area (Å²) in [6, 6.07) is 10.2. The number of nitrogens with one attached hydrogen (secondary N) is 1. The summed E-state index contributed by atoms with van der Waals surface area (Å²) >= 11 is 0. The first-order valence-electron chi connectivity index (χ1n) is 9.16. The molecule has 1 N–H and O–H groups in total. The lowest BCUT2D eigenvalue weighted by Crippen LogP contribution is -2.38. The van der Waals surface area contributed by atoms with Crippen molar-refractivity contribution in [3.63, 3.8) is 0 Å². The van der Waals surface area contributed by atoms with E-state index >= 15 is 0 Å². The summed E-state index contributed by atoms with van der Waals surface area (Å²) < 4.78 is 11.3. The normalized spacial score (nSPS) is 15.6. The van der Waals surface area contributed by atoms with Crippen LogP contribution in [0.4, 0.5) is 17.5 Å². The van der Waals surface area contributed by atoms with E-state index in [0.29, 0.717) is 18.3 Å². The Labute approximate surface area is 164 Å². The molecule has 1 aromatic carbocycles. The average Bonchev–Trinajstić information content (AvgIpc) is 2.71. The number of benzene rings is 1. The van der Waals surface area contributed by atoms with Gasteiger partial charge in [-0.1, -0.05) is 0 Å². The van der Waals surface area contributed by atoms with Gasteiger partial charge in [-0.05, 0) is 43.7 Å². The topological polar surface area (TPSA) is 72.4 Å². The second-order valence-corrected chi connectivity index (χ2v) is 6.88.